The number of methoxy groups -OCH3 is 3. The minimum atomic E-state index is -5.71. The highest BCUT2D eigenvalue weighted by atomic mass is 19.4. The first kappa shape index (κ1) is 46.6. The topological polar surface area (TPSA) is 133 Å². The normalized spacial score (nSPS) is 25.1. The number of carbonyl (C=O) groups is 4. The Bertz CT molecular complexity index is 2100. The van der Waals surface area contributed by atoms with Crippen molar-refractivity contribution < 1.29 is 91.8 Å². The first-order valence-corrected chi connectivity index (χ1v) is 18.0. The number of esters is 4. The summed E-state index contributed by atoms with van der Waals surface area (Å²) in [5.41, 5.74) is -17.6. The van der Waals surface area contributed by atoms with Crippen LogP contribution in [0.5, 0.6) is 0 Å². The van der Waals surface area contributed by atoms with Crippen LogP contribution in [0.25, 0.3) is 0 Å². The minimum Gasteiger partial charge on any atom is -0.456 e. The van der Waals surface area contributed by atoms with E-state index in [9.17, 15) is 19.2 Å². The molecule has 2 fully saturated rings. The van der Waals surface area contributed by atoms with Gasteiger partial charge in [0.25, 0.3) is 16.8 Å². The van der Waals surface area contributed by atoms with Crippen LogP contribution in [0.1, 0.15) is 36.5 Å². The Morgan fingerprint density at radius 2 is 0.934 bits per heavy atom. The number of rotatable bonds is 12. The number of hydrogen-bond donors (Lipinski definition) is 0. The summed E-state index contributed by atoms with van der Waals surface area (Å²) in [4.78, 5) is 56.7. The summed E-state index contributed by atoms with van der Waals surface area (Å²) < 4.78 is 172. The van der Waals surface area contributed by atoms with Crippen LogP contribution >= 0.6 is 0 Å². The fraction of sp³-hybridized carbons (Fsp3) is 0.415. The molecule has 0 N–H and O–H groups in total. The zero-order valence-electron chi connectivity index (χ0n) is 32.5. The van der Waals surface area contributed by atoms with Crippen LogP contribution in [0, 0.1) is 11.3 Å². The van der Waals surface area contributed by atoms with E-state index in [0.29, 0.717) is 21.3 Å². The third kappa shape index (κ3) is 7.30. The van der Waals surface area contributed by atoms with Gasteiger partial charge >= 0.3 is 42.4 Å². The number of cyclic esters (lactones) is 1. The molecule has 2 aliphatic rings. The molecule has 1 saturated carbocycles. The Hall–Kier alpha value is -5.47. The Kier molecular flexibility index (Phi) is 12.8. The summed E-state index contributed by atoms with van der Waals surface area (Å²) in [5.74, 6) is -11.0. The second kappa shape index (κ2) is 16.8. The Labute approximate surface area is 341 Å². The molecule has 3 aromatic carbocycles. The predicted molar refractivity (Wildman–Crippen MR) is 189 cm³/mol. The SMILES string of the molecule is C=C1OC(=O)[C@@]2([C@H](C)CC[C@H](OC(=O)[C@@](OC)(c3ccccc3)C(F)(F)F)[C@H]2OC(=O)[C@@](OC)(c2ccccc2)C(F)(F)F)[C@H]1OC(=O)[C@@](OC)(c1ccccc1)C(F)(F)F. The summed E-state index contributed by atoms with van der Waals surface area (Å²) in [6, 6.07) is 15.6. The molecular formula is C41H37F9O11. The number of hydrogen-bond acceptors (Lipinski definition) is 11. The van der Waals surface area contributed by atoms with E-state index in [4.69, 9.17) is 33.2 Å². The van der Waals surface area contributed by atoms with E-state index in [1.54, 1.807) is 0 Å². The van der Waals surface area contributed by atoms with Crippen LogP contribution in [-0.4, -0.2) is 82.0 Å². The van der Waals surface area contributed by atoms with Gasteiger partial charge in [0, 0.05) is 38.0 Å². The number of benzene rings is 3. The van der Waals surface area contributed by atoms with E-state index >= 15 is 39.5 Å². The van der Waals surface area contributed by atoms with Gasteiger partial charge in [-0.05, 0) is 18.8 Å². The Morgan fingerprint density at radius 1 is 0.590 bits per heavy atom. The number of halogens is 9. The predicted octanol–water partition coefficient (Wildman–Crippen LogP) is 7.52. The fourth-order valence-electron chi connectivity index (χ4n) is 7.98. The first-order chi connectivity index (χ1) is 28.5. The second-order valence-corrected chi connectivity index (χ2v) is 14.1. The van der Waals surface area contributed by atoms with Gasteiger partial charge in [-0.25, -0.2) is 14.4 Å². The summed E-state index contributed by atoms with van der Waals surface area (Å²) in [6.45, 7) is 4.65. The van der Waals surface area contributed by atoms with Crippen molar-refractivity contribution in [1.29, 1.82) is 0 Å². The second-order valence-electron chi connectivity index (χ2n) is 14.1. The van der Waals surface area contributed by atoms with Gasteiger partial charge in [-0.3, -0.25) is 4.79 Å². The third-order valence-electron chi connectivity index (χ3n) is 11.0. The number of carbonyl (C=O) groups excluding carboxylic acids is 4. The van der Waals surface area contributed by atoms with E-state index in [1.165, 1.54) is 25.1 Å². The fourth-order valence-corrected chi connectivity index (χ4v) is 7.98. The Balaban J connectivity index is 1.75. The standard InChI is InChI=1S/C41H37F9O11/c1-23-21-22-28(59-32(52)36(55-3,39(42,43)44)25-15-9-6-10-16-25)30(61-34(54)38(57-5,41(48,49)50)27-19-13-8-14-20-27)35(23)29(24(2)58-31(35)51)60-33(53)37(56-4,40(45,46)47)26-17-11-7-12-18-26/h6-20,23,28-30H,2,21-22H2,1,3-5H3/t23-,28+,29+,30-,35+,36+,37+,38+/m1/s1. The molecule has 1 spiro atoms. The lowest BCUT2D eigenvalue weighted by atomic mass is 9.61. The molecule has 0 unspecified atom stereocenters. The number of alkyl halides is 9. The molecule has 0 aromatic heterocycles. The van der Waals surface area contributed by atoms with Gasteiger partial charge in [0.15, 0.2) is 17.6 Å². The molecule has 1 aliphatic heterocycles. The van der Waals surface area contributed by atoms with Crippen molar-refractivity contribution in [2.24, 2.45) is 11.3 Å². The molecule has 0 amide bonds. The lowest BCUT2D eigenvalue weighted by molar-refractivity contribution is -0.293. The molecule has 8 atom stereocenters. The zero-order chi connectivity index (χ0) is 45.4. The van der Waals surface area contributed by atoms with E-state index in [1.807, 2.05) is 0 Å². The van der Waals surface area contributed by atoms with Gasteiger partial charge < -0.3 is 33.2 Å². The van der Waals surface area contributed by atoms with Crippen molar-refractivity contribution in [3.8, 4) is 0 Å². The minimum absolute atomic E-state index is 0.458. The van der Waals surface area contributed by atoms with E-state index in [-0.39, 0.29) is 0 Å². The summed E-state index contributed by atoms with van der Waals surface area (Å²) in [7, 11) is 1.48. The highest BCUT2D eigenvalue weighted by Gasteiger charge is 2.74. The smallest absolute Gasteiger partial charge is 0.432 e. The molecule has 330 valence electrons. The lowest BCUT2D eigenvalue weighted by Crippen LogP contribution is -2.65. The molecule has 1 aliphatic carbocycles. The molecule has 1 heterocycles. The van der Waals surface area contributed by atoms with E-state index in [0.717, 1.165) is 72.8 Å². The van der Waals surface area contributed by atoms with Crippen LogP contribution in [0.2, 0.25) is 0 Å². The average molecular weight is 877 g/mol. The van der Waals surface area contributed by atoms with Crippen molar-refractivity contribution in [2.75, 3.05) is 21.3 Å². The third-order valence-corrected chi connectivity index (χ3v) is 11.0. The van der Waals surface area contributed by atoms with Gasteiger partial charge in [0.2, 0.25) is 0 Å². The molecule has 0 radical (unpaired) electrons. The highest BCUT2D eigenvalue weighted by Crippen LogP contribution is 2.57. The quantitative estimate of drug-likeness (QED) is 0.102. The van der Waals surface area contributed by atoms with E-state index < -0.39 is 124 Å². The molecule has 1 saturated heterocycles. The first-order valence-electron chi connectivity index (χ1n) is 18.0. The maximum atomic E-state index is 15.2. The number of ether oxygens (including phenoxy) is 7. The van der Waals surface area contributed by atoms with Crippen LogP contribution in [0.3, 0.4) is 0 Å². The molecule has 11 nitrogen and oxygen atoms in total. The summed E-state index contributed by atoms with van der Waals surface area (Å²) in [5, 5.41) is 0. The van der Waals surface area contributed by atoms with Gasteiger partial charge in [-0.2, -0.15) is 39.5 Å². The summed E-state index contributed by atoms with van der Waals surface area (Å²) >= 11 is 0. The van der Waals surface area contributed by atoms with Crippen molar-refractivity contribution in [1.82, 2.24) is 0 Å². The monoisotopic (exact) mass is 876 g/mol. The van der Waals surface area contributed by atoms with Crippen LogP contribution < -0.4 is 0 Å². The van der Waals surface area contributed by atoms with Crippen molar-refractivity contribution in [2.45, 2.75) is 73.4 Å². The molecule has 20 heteroatoms. The van der Waals surface area contributed by atoms with Gasteiger partial charge in [-0.1, -0.05) is 104 Å². The Morgan fingerprint density at radius 3 is 1.28 bits per heavy atom. The van der Waals surface area contributed by atoms with Gasteiger partial charge in [-0.15, -0.1) is 0 Å². The van der Waals surface area contributed by atoms with Gasteiger partial charge in [0.1, 0.15) is 11.9 Å². The molecular weight excluding hydrogens is 839 g/mol. The largest absolute Gasteiger partial charge is 0.456 e. The van der Waals surface area contributed by atoms with Crippen molar-refractivity contribution >= 4 is 23.9 Å². The molecule has 61 heavy (non-hydrogen) atoms. The zero-order valence-corrected chi connectivity index (χ0v) is 32.5. The maximum absolute atomic E-state index is 15.2. The maximum Gasteiger partial charge on any atom is 0.432 e. The van der Waals surface area contributed by atoms with Crippen LogP contribution in [-0.2, 0) is 69.1 Å². The van der Waals surface area contributed by atoms with E-state index in [2.05, 4.69) is 6.58 Å². The molecule has 0 bridgehead atoms. The van der Waals surface area contributed by atoms with Crippen LogP contribution in [0.4, 0.5) is 39.5 Å². The highest BCUT2D eigenvalue weighted by molar-refractivity contribution is 5.89. The van der Waals surface area contributed by atoms with Crippen molar-refractivity contribution in [3.05, 3.63) is 120 Å². The summed E-state index contributed by atoms with van der Waals surface area (Å²) in [6.07, 6.45) is -25.8. The van der Waals surface area contributed by atoms with Gasteiger partial charge in [0.05, 0.1) is 0 Å². The van der Waals surface area contributed by atoms with Crippen LogP contribution in [0.15, 0.2) is 103 Å². The molecule has 5 rings (SSSR count). The molecule has 3 aromatic rings. The lowest BCUT2D eigenvalue weighted by Gasteiger charge is -2.49. The average Bonchev–Trinajstić information content (AvgIpc) is 3.43. The van der Waals surface area contributed by atoms with Crippen molar-refractivity contribution in [3.63, 3.8) is 0 Å².